The number of hydrogen-bond acceptors (Lipinski definition) is 3. The van der Waals surface area contributed by atoms with Gasteiger partial charge in [0.25, 0.3) is 0 Å². The average Bonchev–Trinajstić information content (AvgIpc) is 2.93. The second-order valence-corrected chi connectivity index (χ2v) is 7.70. The highest BCUT2D eigenvalue weighted by Gasteiger charge is 2.51. The van der Waals surface area contributed by atoms with E-state index in [4.69, 9.17) is 0 Å². The smallest absolute Gasteiger partial charge is 0.230 e. The maximum Gasteiger partial charge on any atom is 0.230 e. The van der Waals surface area contributed by atoms with Crippen molar-refractivity contribution in [1.29, 1.82) is 0 Å². The van der Waals surface area contributed by atoms with Crippen LogP contribution < -0.4 is 10.2 Å². The molecule has 3 aliphatic rings. The molecule has 2 aliphatic heterocycles. The van der Waals surface area contributed by atoms with Crippen LogP contribution in [0.15, 0.2) is 30.3 Å². The van der Waals surface area contributed by atoms with Gasteiger partial charge in [0.15, 0.2) is 0 Å². The van der Waals surface area contributed by atoms with Gasteiger partial charge in [0.05, 0.1) is 5.41 Å². The Kier molecular flexibility index (Phi) is 7.63. The van der Waals surface area contributed by atoms with E-state index in [1.807, 2.05) is 0 Å². The van der Waals surface area contributed by atoms with Crippen LogP contribution in [0.25, 0.3) is 0 Å². The van der Waals surface area contributed by atoms with Gasteiger partial charge in [-0.2, -0.15) is 0 Å². The van der Waals surface area contributed by atoms with Crippen molar-refractivity contribution < 1.29 is 4.79 Å². The third-order valence-corrected chi connectivity index (χ3v) is 6.37. The fourth-order valence-corrected chi connectivity index (χ4v) is 5.00. The molecule has 1 N–H and O–H groups in total. The highest BCUT2D eigenvalue weighted by molar-refractivity contribution is 5.85. The zero-order valence-corrected chi connectivity index (χ0v) is 17.0. The number of hydrogen-bond donors (Lipinski definition) is 1. The summed E-state index contributed by atoms with van der Waals surface area (Å²) < 4.78 is 0. The Bertz CT molecular complexity index is 586. The van der Waals surface area contributed by atoms with Crippen LogP contribution in [0.1, 0.15) is 32.1 Å². The standard InChI is InChI=1S/C20H29N3O.2ClH/c24-19(20-10-5-4-7-17(20)15-21-16-20)23-12-6-11-22(13-14-23)18-8-2-1-3-9-18;;/h1-3,8-9,17,21H,4-7,10-16H2;2*1H/t17-,20+;;/m0../s1. The Labute approximate surface area is 169 Å². The number of anilines is 1. The van der Waals surface area contributed by atoms with E-state index in [-0.39, 0.29) is 30.2 Å². The van der Waals surface area contributed by atoms with Gasteiger partial charge in [-0.05, 0) is 43.9 Å². The molecule has 0 unspecified atom stereocenters. The molecular weight excluding hydrogens is 369 g/mol. The molecule has 3 fully saturated rings. The summed E-state index contributed by atoms with van der Waals surface area (Å²) in [6, 6.07) is 10.6. The van der Waals surface area contributed by atoms with Crippen LogP contribution in [0.5, 0.6) is 0 Å². The summed E-state index contributed by atoms with van der Waals surface area (Å²) in [6.07, 6.45) is 5.89. The van der Waals surface area contributed by atoms with Crippen molar-refractivity contribution in [2.45, 2.75) is 32.1 Å². The number of rotatable bonds is 2. The molecule has 0 bridgehead atoms. The molecule has 1 saturated carbocycles. The summed E-state index contributed by atoms with van der Waals surface area (Å²) in [5.74, 6) is 0.999. The Morgan fingerprint density at radius 3 is 2.62 bits per heavy atom. The molecule has 4 rings (SSSR count). The summed E-state index contributed by atoms with van der Waals surface area (Å²) in [6.45, 7) is 5.70. The number of carbonyl (C=O) groups excluding carboxylic acids is 1. The third-order valence-electron chi connectivity index (χ3n) is 6.37. The van der Waals surface area contributed by atoms with E-state index in [0.29, 0.717) is 11.8 Å². The number of benzene rings is 1. The van der Waals surface area contributed by atoms with Crippen molar-refractivity contribution in [3.8, 4) is 0 Å². The van der Waals surface area contributed by atoms with Crippen LogP contribution in [0.2, 0.25) is 0 Å². The van der Waals surface area contributed by atoms with E-state index in [1.165, 1.54) is 24.9 Å². The zero-order valence-electron chi connectivity index (χ0n) is 15.4. The third kappa shape index (κ3) is 3.97. The minimum Gasteiger partial charge on any atom is -0.370 e. The van der Waals surface area contributed by atoms with Crippen molar-refractivity contribution in [2.75, 3.05) is 44.2 Å². The largest absolute Gasteiger partial charge is 0.370 e. The lowest BCUT2D eigenvalue weighted by Gasteiger charge is -2.40. The molecular formula is C20H31Cl2N3O. The number of fused-ring (bicyclic) bond motifs is 1. The lowest BCUT2D eigenvalue weighted by molar-refractivity contribution is -0.145. The van der Waals surface area contributed by atoms with Gasteiger partial charge in [-0.25, -0.2) is 0 Å². The fraction of sp³-hybridized carbons (Fsp3) is 0.650. The maximum absolute atomic E-state index is 13.4. The molecule has 146 valence electrons. The van der Waals surface area contributed by atoms with E-state index < -0.39 is 0 Å². The van der Waals surface area contributed by atoms with Crippen molar-refractivity contribution in [1.82, 2.24) is 10.2 Å². The van der Waals surface area contributed by atoms with Gasteiger partial charge in [-0.3, -0.25) is 4.79 Å². The number of carbonyl (C=O) groups is 1. The lowest BCUT2D eigenvalue weighted by atomic mass is 9.67. The SMILES string of the molecule is Cl.Cl.O=C(N1CCCN(c2ccccc2)CC1)[C@@]12CCCC[C@H]1CNC2. The van der Waals surface area contributed by atoms with Gasteiger partial charge in [0, 0.05) is 38.4 Å². The Morgan fingerprint density at radius 1 is 1.00 bits per heavy atom. The summed E-state index contributed by atoms with van der Waals surface area (Å²) in [5, 5.41) is 3.52. The quantitative estimate of drug-likeness (QED) is 0.827. The molecule has 0 spiro atoms. The maximum atomic E-state index is 13.4. The van der Waals surface area contributed by atoms with Crippen molar-refractivity contribution in [2.24, 2.45) is 11.3 Å². The number of halogens is 2. The number of para-hydroxylation sites is 1. The Hall–Kier alpha value is -0.970. The second kappa shape index (κ2) is 9.29. The Morgan fingerprint density at radius 2 is 1.81 bits per heavy atom. The van der Waals surface area contributed by atoms with E-state index in [1.54, 1.807) is 0 Å². The van der Waals surface area contributed by atoms with Gasteiger partial charge in [0.1, 0.15) is 0 Å². The monoisotopic (exact) mass is 399 g/mol. The summed E-state index contributed by atoms with van der Waals surface area (Å²) in [7, 11) is 0. The first kappa shape index (κ1) is 21.3. The molecule has 26 heavy (non-hydrogen) atoms. The fourth-order valence-electron chi connectivity index (χ4n) is 5.00. The van der Waals surface area contributed by atoms with Crippen molar-refractivity contribution in [3.05, 3.63) is 30.3 Å². The van der Waals surface area contributed by atoms with E-state index in [9.17, 15) is 4.79 Å². The van der Waals surface area contributed by atoms with E-state index in [0.717, 1.165) is 52.1 Å². The topological polar surface area (TPSA) is 35.6 Å². The van der Waals surface area contributed by atoms with Crippen LogP contribution >= 0.6 is 24.8 Å². The zero-order chi connectivity index (χ0) is 16.4. The predicted octanol–water partition coefficient (Wildman–Crippen LogP) is 3.35. The molecule has 2 heterocycles. The summed E-state index contributed by atoms with van der Waals surface area (Å²) >= 11 is 0. The van der Waals surface area contributed by atoms with Crippen molar-refractivity contribution >= 4 is 36.4 Å². The number of nitrogens with one attached hydrogen (secondary N) is 1. The van der Waals surface area contributed by atoms with Gasteiger partial charge in [0.2, 0.25) is 5.91 Å². The van der Waals surface area contributed by atoms with Crippen LogP contribution in [0, 0.1) is 11.3 Å². The summed E-state index contributed by atoms with van der Waals surface area (Å²) in [5.41, 5.74) is 1.18. The van der Waals surface area contributed by atoms with Crippen molar-refractivity contribution in [3.63, 3.8) is 0 Å². The number of nitrogens with zero attached hydrogens (tertiary/aromatic N) is 2. The molecule has 1 amide bonds. The molecule has 4 nitrogen and oxygen atoms in total. The van der Waals surface area contributed by atoms with Crippen LogP contribution in [-0.2, 0) is 4.79 Å². The predicted molar refractivity (Wildman–Crippen MR) is 112 cm³/mol. The first-order valence-corrected chi connectivity index (χ1v) is 9.60. The van der Waals surface area contributed by atoms with Crippen LogP contribution in [0.4, 0.5) is 5.69 Å². The molecule has 1 aromatic carbocycles. The minimum atomic E-state index is -0.0971. The van der Waals surface area contributed by atoms with Gasteiger partial charge in [-0.15, -0.1) is 24.8 Å². The first-order chi connectivity index (χ1) is 11.8. The molecule has 0 aromatic heterocycles. The normalized spacial score (nSPS) is 28.4. The summed E-state index contributed by atoms with van der Waals surface area (Å²) in [4.78, 5) is 18.0. The highest BCUT2D eigenvalue weighted by atomic mass is 35.5. The molecule has 1 aliphatic carbocycles. The molecule has 2 saturated heterocycles. The van der Waals surface area contributed by atoms with Gasteiger partial charge < -0.3 is 15.1 Å². The highest BCUT2D eigenvalue weighted by Crippen LogP contribution is 2.45. The van der Waals surface area contributed by atoms with Crippen LogP contribution in [0.3, 0.4) is 0 Å². The molecule has 2 atom stereocenters. The van der Waals surface area contributed by atoms with E-state index >= 15 is 0 Å². The Balaban J connectivity index is 0.00000121. The van der Waals surface area contributed by atoms with Gasteiger partial charge in [-0.1, -0.05) is 31.0 Å². The first-order valence-electron chi connectivity index (χ1n) is 9.60. The molecule has 6 heteroatoms. The molecule has 0 radical (unpaired) electrons. The van der Waals surface area contributed by atoms with Gasteiger partial charge >= 0.3 is 0 Å². The number of amides is 1. The lowest BCUT2D eigenvalue weighted by Crippen LogP contribution is -2.50. The average molecular weight is 400 g/mol. The van der Waals surface area contributed by atoms with E-state index in [2.05, 4.69) is 45.4 Å². The second-order valence-electron chi connectivity index (χ2n) is 7.70. The minimum absolute atomic E-state index is 0. The van der Waals surface area contributed by atoms with Crippen LogP contribution in [-0.4, -0.2) is 50.1 Å². The molecule has 1 aromatic rings.